The van der Waals surface area contributed by atoms with Crippen molar-refractivity contribution in [1.82, 2.24) is 10.2 Å². The Labute approximate surface area is 173 Å². The van der Waals surface area contributed by atoms with Crippen LogP contribution in [0.4, 0.5) is 9.59 Å². The van der Waals surface area contributed by atoms with Crippen LogP contribution in [-0.2, 0) is 16.0 Å². The Hall–Kier alpha value is -2.61. The van der Waals surface area contributed by atoms with Crippen molar-refractivity contribution in [2.75, 3.05) is 13.1 Å². The average Bonchev–Trinajstić information content (AvgIpc) is 2.57. The number of nitrogens with one attached hydrogen (secondary N) is 1. The largest absolute Gasteiger partial charge is 0.444 e. The van der Waals surface area contributed by atoms with Gasteiger partial charge in [-0.3, -0.25) is 5.32 Å². The van der Waals surface area contributed by atoms with Gasteiger partial charge in [-0.05, 0) is 60.1 Å². The fourth-order valence-corrected chi connectivity index (χ4v) is 2.19. The summed E-state index contributed by atoms with van der Waals surface area (Å²) in [6.07, 6.45) is -0.806. The van der Waals surface area contributed by atoms with Crippen molar-refractivity contribution in [3.05, 3.63) is 35.9 Å². The average molecular weight is 407 g/mol. The Bertz CT molecular complexity index is 691. The van der Waals surface area contributed by atoms with Gasteiger partial charge in [-0.1, -0.05) is 30.3 Å². The Morgan fingerprint density at radius 3 is 2.14 bits per heavy atom. The van der Waals surface area contributed by atoms with Crippen molar-refractivity contribution in [3.8, 4) is 0 Å². The van der Waals surface area contributed by atoms with E-state index in [0.717, 1.165) is 5.56 Å². The van der Waals surface area contributed by atoms with Crippen molar-refractivity contribution >= 4 is 18.1 Å². The van der Waals surface area contributed by atoms with E-state index in [0.29, 0.717) is 13.0 Å². The molecule has 1 aromatic rings. The third-order valence-electron chi connectivity index (χ3n) is 3.32. The Kier molecular flexibility index (Phi) is 9.10. The molecule has 162 valence electrons. The quantitative estimate of drug-likeness (QED) is 0.573. The van der Waals surface area contributed by atoms with E-state index < -0.39 is 23.4 Å². The van der Waals surface area contributed by atoms with Crippen LogP contribution in [-0.4, -0.2) is 47.3 Å². The molecule has 8 nitrogen and oxygen atoms in total. The zero-order valence-corrected chi connectivity index (χ0v) is 18.3. The van der Waals surface area contributed by atoms with Gasteiger partial charge in [-0.15, -0.1) is 0 Å². The summed E-state index contributed by atoms with van der Waals surface area (Å²) in [6, 6.07) is 9.51. The number of amides is 2. The number of ether oxygens (including phenoxy) is 2. The van der Waals surface area contributed by atoms with Crippen LogP contribution in [0, 0.1) is 0 Å². The molecule has 0 aliphatic heterocycles. The van der Waals surface area contributed by atoms with Crippen molar-refractivity contribution in [2.24, 2.45) is 10.7 Å². The number of carbonyl (C=O) groups is 2. The molecule has 0 atom stereocenters. The van der Waals surface area contributed by atoms with Crippen molar-refractivity contribution in [3.63, 3.8) is 0 Å². The first kappa shape index (κ1) is 24.4. The molecule has 0 unspecified atom stereocenters. The standard InChI is InChI=1S/C21H34N4O4/c1-20(2,3)28-18(26)24-17(23-15-16-11-8-7-9-12-16)25(14-10-13-22)19(27)29-21(4,5)6/h7-9,11-12H,10,13-15,22H2,1-6H3,(H,23,24,26). The van der Waals surface area contributed by atoms with Gasteiger partial charge in [0.05, 0.1) is 6.54 Å². The first-order chi connectivity index (χ1) is 13.4. The molecule has 0 aliphatic rings. The molecule has 0 aliphatic carbocycles. The van der Waals surface area contributed by atoms with E-state index in [2.05, 4.69) is 10.3 Å². The monoisotopic (exact) mass is 406 g/mol. The Morgan fingerprint density at radius 1 is 1.03 bits per heavy atom. The molecule has 0 saturated carbocycles. The maximum Gasteiger partial charge on any atom is 0.417 e. The molecule has 1 rings (SSSR count). The van der Waals surface area contributed by atoms with Gasteiger partial charge >= 0.3 is 12.2 Å². The van der Waals surface area contributed by atoms with Crippen LogP contribution >= 0.6 is 0 Å². The second-order valence-corrected chi connectivity index (χ2v) is 8.53. The van der Waals surface area contributed by atoms with Gasteiger partial charge < -0.3 is 15.2 Å². The third kappa shape index (κ3) is 10.5. The van der Waals surface area contributed by atoms with Gasteiger partial charge in [0.1, 0.15) is 11.2 Å². The lowest BCUT2D eigenvalue weighted by atomic mass is 10.2. The molecule has 0 spiro atoms. The van der Waals surface area contributed by atoms with Crippen molar-refractivity contribution in [1.29, 1.82) is 0 Å². The highest BCUT2D eigenvalue weighted by Crippen LogP contribution is 2.12. The minimum absolute atomic E-state index is 0.0609. The van der Waals surface area contributed by atoms with E-state index in [9.17, 15) is 9.59 Å². The zero-order chi connectivity index (χ0) is 22.1. The van der Waals surface area contributed by atoms with E-state index in [1.807, 2.05) is 30.3 Å². The molecule has 0 saturated heterocycles. The lowest BCUT2D eigenvalue weighted by Crippen LogP contribution is -2.50. The highest BCUT2D eigenvalue weighted by atomic mass is 16.6. The van der Waals surface area contributed by atoms with Crippen molar-refractivity contribution < 1.29 is 19.1 Å². The number of hydrogen-bond acceptors (Lipinski definition) is 6. The van der Waals surface area contributed by atoms with Crippen LogP contribution < -0.4 is 11.1 Å². The summed E-state index contributed by atoms with van der Waals surface area (Å²) in [5, 5.41) is 2.59. The Morgan fingerprint density at radius 2 is 1.62 bits per heavy atom. The van der Waals surface area contributed by atoms with Gasteiger partial charge in [0, 0.05) is 6.54 Å². The first-order valence-electron chi connectivity index (χ1n) is 9.70. The summed E-state index contributed by atoms with van der Waals surface area (Å²) in [5.41, 5.74) is 5.16. The normalized spacial score (nSPS) is 12.3. The number of carbonyl (C=O) groups excluding carboxylic acids is 2. The molecule has 29 heavy (non-hydrogen) atoms. The van der Waals surface area contributed by atoms with E-state index in [4.69, 9.17) is 15.2 Å². The van der Waals surface area contributed by atoms with Gasteiger partial charge in [0.2, 0.25) is 5.96 Å². The van der Waals surface area contributed by atoms with Crippen LogP contribution in [0.5, 0.6) is 0 Å². The molecule has 0 radical (unpaired) electrons. The van der Waals surface area contributed by atoms with Crippen LogP contribution in [0.1, 0.15) is 53.5 Å². The highest BCUT2D eigenvalue weighted by Gasteiger charge is 2.28. The van der Waals surface area contributed by atoms with Crippen LogP contribution in [0.25, 0.3) is 0 Å². The predicted octanol–water partition coefficient (Wildman–Crippen LogP) is 3.65. The maximum atomic E-state index is 12.8. The molecule has 0 fully saturated rings. The Balaban J connectivity index is 3.16. The molecule has 3 N–H and O–H groups in total. The van der Waals surface area contributed by atoms with Gasteiger partial charge in [0.25, 0.3) is 0 Å². The molecule has 0 aromatic heterocycles. The number of nitrogens with two attached hydrogens (primary N) is 1. The second kappa shape index (κ2) is 10.8. The fourth-order valence-electron chi connectivity index (χ4n) is 2.19. The van der Waals surface area contributed by atoms with Gasteiger partial charge in [-0.2, -0.15) is 0 Å². The fraction of sp³-hybridized carbons (Fsp3) is 0.571. The summed E-state index contributed by atoms with van der Waals surface area (Å²) in [5.74, 6) is 0.0609. The smallest absolute Gasteiger partial charge is 0.417 e. The summed E-state index contributed by atoms with van der Waals surface area (Å²) < 4.78 is 10.8. The van der Waals surface area contributed by atoms with E-state index in [1.165, 1.54) is 4.90 Å². The number of aliphatic imine (C=N–C) groups is 1. The number of guanidine groups is 1. The molecule has 0 bridgehead atoms. The van der Waals surface area contributed by atoms with Crippen LogP contribution in [0.3, 0.4) is 0 Å². The topological polar surface area (TPSA) is 106 Å². The minimum atomic E-state index is -0.703. The zero-order valence-electron chi connectivity index (χ0n) is 18.3. The number of nitrogens with zero attached hydrogens (tertiary/aromatic N) is 2. The number of benzene rings is 1. The van der Waals surface area contributed by atoms with Crippen molar-refractivity contribution in [2.45, 2.75) is 65.7 Å². The van der Waals surface area contributed by atoms with E-state index >= 15 is 0 Å². The van der Waals surface area contributed by atoms with E-state index in [-0.39, 0.29) is 19.0 Å². The maximum absolute atomic E-state index is 12.8. The van der Waals surface area contributed by atoms with Crippen LogP contribution in [0.2, 0.25) is 0 Å². The molecular formula is C21H34N4O4. The second-order valence-electron chi connectivity index (χ2n) is 8.53. The summed E-state index contributed by atoms with van der Waals surface area (Å²) in [7, 11) is 0. The van der Waals surface area contributed by atoms with E-state index in [1.54, 1.807) is 41.5 Å². The summed E-state index contributed by atoms with van der Waals surface area (Å²) in [6.45, 7) is 11.5. The van der Waals surface area contributed by atoms with Gasteiger partial charge in [-0.25, -0.2) is 19.5 Å². The summed E-state index contributed by atoms with van der Waals surface area (Å²) >= 11 is 0. The third-order valence-corrected chi connectivity index (χ3v) is 3.32. The molecule has 1 aromatic carbocycles. The number of rotatable bonds is 5. The predicted molar refractivity (Wildman–Crippen MR) is 114 cm³/mol. The molecule has 0 heterocycles. The molecule has 2 amide bonds. The number of hydrogen-bond donors (Lipinski definition) is 2. The van der Waals surface area contributed by atoms with Gasteiger partial charge in [0.15, 0.2) is 0 Å². The van der Waals surface area contributed by atoms with Crippen LogP contribution in [0.15, 0.2) is 35.3 Å². The first-order valence-corrected chi connectivity index (χ1v) is 9.70. The molecule has 8 heteroatoms. The highest BCUT2D eigenvalue weighted by molar-refractivity contribution is 6.01. The minimum Gasteiger partial charge on any atom is -0.444 e. The summed E-state index contributed by atoms with van der Waals surface area (Å²) in [4.78, 5) is 30.9. The molecular weight excluding hydrogens is 372 g/mol. The lowest BCUT2D eigenvalue weighted by molar-refractivity contribution is 0.0357. The number of alkyl carbamates (subject to hydrolysis) is 1. The lowest BCUT2D eigenvalue weighted by Gasteiger charge is -2.29. The SMILES string of the molecule is CC(C)(C)OC(=O)NC(=NCc1ccccc1)N(CCCN)C(=O)OC(C)(C)C.